The highest BCUT2D eigenvalue weighted by atomic mass is 32.2. The Labute approximate surface area is 198 Å². The first kappa shape index (κ1) is 23.4. The zero-order valence-electron chi connectivity index (χ0n) is 18.0. The van der Waals surface area contributed by atoms with Gasteiger partial charge in [-0.3, -0.25) is 14.4 Å². The van der Waals surface area contributed by atoms with E-state index in [1.165, 1.54) is 28.8 Å². The highest BCUT2D eigenvalue weighted by Crippen LogP contribution is 2.33. The summed E-state index contributed by atoms with van der Waals surface area (Å²) < 4.78 is 13.1. The lowest BCUT2D eigenvalue weighted by molar-refractivity contribution is -0.122. The first-order chi connectivity index (χ1) is 15.9. The summed E-state index contributed by atoms with van der Waals surface area (Å²) in [5, 5.41) is 3.45. The summed E-state index contributed by atoms with van der Waals surface area (Å²) in [4.78, 5) is 46.1. The molecule has 4 rings (SSSR count). The first-order valence-corrected chi connectivity index (χ1v) is 12.8. The van der Waals surface area contributed by atoms with Gasteiger partial charge >= 0.3 is 0 Å². The fourth-order valence-electron chi connectivity index (χ4n) is 3.98. The van der Waals surface area contributed by atoms with E-state index in [4.69, 9.17) is 5.73 Å². The van der Waals surface area contributed by atoms with Crippen LogP contribution in [0, 0.1) is 11.7 Å². The number of nitrogens with two attached hydrogens (primary N) is 1. The van der Waals surface area contributed by atoms with Crippen LogP contribution in [0.4, 0.5) is 4.39 Å². The van der Waals surface area contributed by atoms with Gasteiger partial charge in [0.05, 0.1) is 22.8 Å². The predicted octanol–water partition coefficient (Wildman–Crippen LogP) is 2.70. The topological polar surface area (TPSA) is 118 Å². The van der Waals surface area contributed by atoms with Crippen LogP contribution in [0.2, 0.25) is 0 Å². The average molecular weight is 489 g/mol. The summed E-state index contributed by atoms with van der Waals surface area (Å²) in [5.41, 5.74) is 7.27. The van der Waals surface area contributed by atoms with Crippen molar-refractivity contribution in [1.29, 1.82) is 0 Å². The number of hydrogen-bond donors (Lipinski definition) is 3. The molecule has 0 radical (unpaired) electrons. The second kappa shape index (κ2) is 10.5. The summed E-state index contributed by atoms with van der Waals surface area (Å²) in [6.07, 6.45) is 4.51. The van der Waals surface area contributed by atoms with E-state index in [2.05, 4.69) is 15.3 Å². The van der Waals surface area contributed by atoms with Crippen LogP contribution in [0.25, 0.3) is 10.2 Å². The third-order valence-electron chi connectivity index (χ3n) is 5.69. The van der Waals surface area contributed by atoms with Crippen LogP contribution >= 0.6 is 23.1 Å². The molecule has 10 heteroatoms. The number of amides is 2. The molecular weight excluding hydrogens is 463 g/mol. The number of nitrogens with zero attached hydrogens (tertiary/aromatic N) is 1. The number of hydrogen-bond acceptors (Lipinski definition) is 6. The molecule has 0 bridgehead atoms. The van der Waals surface area contributed by atoms with E-state index >= 15 is 0 Å². The summed E-state index contributed by atoms with van der Waals surface area (Å²) >= 11 is 2.93. The summed E-state index contributed by atoms with van der Waals surface area (Å²) in [7, 11) is 0. The van der Waals surface area contributed by atoms with Crippen molar-refractivity contribution in [3.63, 3.8) is 0 Å². The zero-order valence-corrected chi connectivity index (χ0v) is 19.6. The quantitative estimate of drug-likeness (QED) is 0.428. The number of nitrogens with one attached hydrogen (secondary N) is 2. The normalized spacial score (nSPS) is 14.1. The molecule has 0 aliphatic heterocycles. The van der Waals surface area contributed by atoms with Crippen molar-refractivity contribution in [2.45, 2.75) is 37.9 Å². The van der Waals surface area contributed by atoms with Crippen LogP contribution in [0.1, 0.15) is 34.7 Å². The molecule has 2 amide bonds. The van der Waals surface area contributed by atoms with E-state index in [1.54, 1.807) is 23.5 Å². The van der Waals surface area contributed by atoms with Gasteiger partial charge in [-0.05, 0) is 55.4 Å². The number of benzene rings is 1. The number of thioether (sulfide) groups is 1. The molecule has 1 aromatic carbocycles. The smallest absolute Gasteiger partial charge is 0.259 e. The molecule has 0 spiro atoms. The molecule has 7 nitrogen and oxygen atoms in total. The third-order valence-corrected chi connectivity index (χ3v) is 7.82. The van der Waals surface area contributed by atoms with Crippen LogP contribution in [-0.4, -0.2) is 34.1 Å². The van der Waals surface area contributed by atoms with Gasteiger partial charge in [-0.1, -0.05) is 12.1 Å². The Bertz CT molecular complexity index is 1220. The highest BCUT2D eigenvalue weighted by molar-refractivity contribution is 7.99. The van der Waals surface area contributed by atoms with Crippen LogP contribution in [0.15, 0.2) is 29.1 Å². The Morgan fingerprint density at radius 1 is 1.24 bits per heavy atom. The Kier molecular flexibility index (Phi) is 7.44. The fraction of sp³-hybridized carbons (Fsp3) is 0.391. The van der Waals surface area contributed by atoms with Crippen LogP contribution in [-0.2, 0) is 34.6 Å². The van der Waals surface area contributed by atoms with Crippen molar-refractivity contribution in [2.75, 3.05) is 12.3 Å². The highest BCUT2D eigenvalue weighted by Gasteiger charge is 2.20. The standard InChI is InChI=1S/C23H25FN4O3S2/c24-15-7-5-13(6-8-15)9-14(21(25)30)10-26-19(29)12-32-11-18-27-22(31)20-16-3-1-2-4-17(16)33-23(20)28-18/h5-8,14H,1-4,9-12H2,(H2,25,30)(H,26,29)(H,27,28,31). The summed E-state index contributed by atoms with van der Waals surface area (Å²) in [6, 6.07) is 5.84. The van der Waals surface area contributed by atoms with Crippen molar-refractivity contribution in [3.8, 4) is 0 Å². The van der Waals surface area contributed by atoms with Crippen molar-refractivity contribution in [1.82, 2.24) is 15.3 Å². The number of carbonyl (C=O) groups excluding carboxylic acids is 2. The average Bonchev–Trinajstić information content (AvgIpc) is 3.16. The second-order valence-corrected chi connectivity index (χ2v) is 10.2. The molecule has 0 saturated carbocycles. The number of aryl methyl sites for hydroxylation is 2. The monoisotopic (exact) mass is 488 g/mol. The first-order valence-electron chi connectivity index (χ1n) is 10.8. The van der Waals surface area contributed by atoms with E-state index in [-0.39, 0.29) is 29.6 Å². The second-order valence-electron chi connectivity index (χ2n) is 8.13. The number of halogens is 1. The maximum absolute atomic E-state index is 13.1. The van der Waals surface area contributed by atoms with E-state index in [9.17, 15) is 18.8 Å². The van der Waals surface area contributed by atoms with Gasteiger partial charge in [0.1, 0.15) is 16.5 Å². The number of H-pyrrole nitrogens is 1. The van der Waals surface area contributed by atoms with Crippen molar-refractivity contribution in [3.05, 3.63) is 62.3 Å². The van der Waals surface area contributed by atoms with E-state index in [1.807, 2.05) is 0 Å². The minimum absolute atomic E-state index is 0.105. The summed E-state index contributed by atoms with van der Waals surface area (Å²) in [6.45, 7) is 0.105. The molecule has 1 atom stereocenters. The SMILES string of the molecule is NC(=O)C(CNC(=O)CSCc1nc2sc3c(c2c(=O)[nH]1)CCCC3)Cc1ccc(F)cc1. The van der Waals surface area contributed by atoms with Crippen molar-refractivity contribution < 1.29 is 14.0 Å². The number of carbonyl (C=O) groups is 2. The molecular formula is C23H25FN4O3S2. The molecule has 2 heterocycles. The molecule has 1 aliphatic rings. The third kappa shape index (κ3) is 5.80. The molecule has 3 aromatic rings. The Morgan fingerprint density at radius 3 is 2.76 bits per heavy atom. The number of thiophene rings is 1. The van der Waals surface area contributed by atoms with Gasteiger partial charge in [-0.2, -0.15) is 0 Å². The maximum atomic E-state index is 13.1. The van der Waals surface area contributed by atoms with E-state index in [0.717, 1.165) is 47.0 Å². The van der Waals surface area contributed by atoms with Gasteiger partial charge in [0, 0.05) is 11.4 Å². The molecule has 2 aromatic heterocycles. The van der Waals surface area contributed by atoms with E-state index in [0.29, 0.717) is 18.0 Å². The Balaban J connectivity index is 1.29. The van der Waals surface area contributed by atoms with Crippen LogP contribution in [0.3, 0.4) is 0 Å². The zero-order chi connectivity index (χ0) is 23.4. The predicted molar refractivity (Wildman–Crippen MR) is 129 cm³/mol. The van der Waals surface area contributed by atoms with Crippen molar-refractivity contribution in [2.24, 2.45) is 11.7 Å². The molecule has 1 aliphatic carbocycles. The Morgan fingerprint density at radius 2 is 2.00 bits per heavy atom. The van der Waals surface area contributed by atoms with Gasteiger partial charge < -0.3 is 16.0 Å². The van der Waals surface area contributed by atoms with Gasteiger partial charge in [0.25, 0.3) is 5.56 Å². The minimum Gasteiger partial charge on any atom is -0.369 e. The summed E-state index contributed by atoms with van der Waals surface area (Å²) in [5.74, 6) is -0.597. The largest absolute Gasteiger partial charge is 0.369 e. The fourth-order valence-corrected chi connectivity index (χ4v) is 5.98. The number of rotatable bonds is 9. The number of primary amides is 1. The van der Waals surface area contributed by atoms with Gasteiger partial charge in [0.2, 0.25) is 11.8 Å². The van der Waals surface area contributed by atoms with Gasteiger partial charge in [-0.25, -0.2) is 9.37 Å². The lowest BCUT2D eigenvalue weighted by atomic mass is 9.97. The van der Waals surface area contributed by atoms with Crippen LogP contribution < -0.4 is 16.6 Å². The molecule has 174 valence electrons. The molecule has 4 N–H and O–H groups in total. The number of fused-ring (bicyclic) bond motifs is 3. The van der Waals surface area contributed by atoms with Gasteiger partial charge in [-0.15, -0.1) is 23.1 Å². The molecule has 33 heavy (non-hydrogen) atoms. The number of aromatic nitrogens is 2. The molecule has 0 fully saturated rings. The molecule has 0 saturated heterocycles. The lowest BCUT2D eigenvalue weighted by Crippen LogP contribution is -2.38. The maximum Gasteiger partial charge on any atom is 0.259 e. The minimum atomic E-state index is -0.588. The Hall–Kier alpha value is -2.72. The van der Waals surface area contributed by atoms with Crippen LogP contribution in [0.5, 0.6) is 0 Å². The molecule has 1 unspecified atom stereocenters. The van der Waals surface area contributed by atoms with Crippen molar-refractivity contribution >= 4 is 45.1 Å². The van der Waals surface area contributed by atoms with Gasteiger partial charge in [0.15, 0.2) is 0 Å². The van der Waals surface area contributed by atoms with E-state index < -0.39 is 11.8 Å². The lowest BCUT2D eigenvalue weighted by Gasteiger charge is -2.14. The number of aromatic amines is 1.